The molecule has 0 spiro atoms. The molecule has 1 fully saturated rings. The van der Waals surface area contributed by atoms with Gasteiger partial charge in [0.15, 0.2) is 0 Å². The van der Waals surface area contributed by atoms with Gasteiger partial charge in [-0.3, -0.25) is 4.90 Å². The summed E-state index contributed by atoms with van der Waals surface area (Å²) in [5.41, 5.74) is 9.55. The Labute approximate surface area is 139 Å². The molecule has 0 bridgehead atoms. The summed E-state index contributed by atoms with van der Waals surface area (Å²) in [6.07, 6.45) is 1.24. The highest BCUT2D eigenvalue weighted by Crippen LogP contribution is 2.33. The summed E-state index contributed by atoms with van der Waals surface area (Å²) in [4.78, 5) is 2.55. The molecule has 2 atom stereocenters. The van der Waals surface area contributed by atoms with E-state index in [-0.39, 0.29) is 12.4 Å². The van der Waals surface area contributed by atoms with Gasteiger partial charge in [0, 0.05) is 18.8 Å². The van der Waals surface area contributed by atoms with Crippen LogP contribution in [0.1, 0.15) is 30.4 Å². The SMILES string of the molecule is CC1CN(Cc2cccc(N)c2)CCC1c1ccccc1.Cl. The van der Waals surface area contributed by atoms with Crippen molar-refractivity contribution in [1.82, 2.24) is 4.90 Å². The standard InChI is InChI=1S/C19H24N2.ClH/c1-15-13-21(14-16-6-5-9-18(20)12-16)11-10-19(15)17-7-3-2-4-8-17;/h2-9,12,15,19H,10-11,13-14,20H2,1H3;1H. The molecule has 1 aliphatic heterocycles. The van der Waals surface area contributed by atoms with E-state index >= 15 is 0 Å². The van der Waals surface area contributed by atoms with E-state index in [0.29, 0.717) is 11.8 Å². The van der Waals surface area contributed by atoms with Crippen LogP contribution in [0, 0.1) is 5.92 Å². The van der Waals surface area contributed by atoms with Crippen molar-refractivity contribution in [2.24, 2.45) is 5.92 Å². The smallest absolute Gasteiger partial charge is 0.0317 e. The number of rotatable bonds is 3. The van der Waals surface area contributed by atoms with Crippen LogP contribution in [0.3, 0.4) is 0 Å². The summed E-state index contributed by atoms with van der Waals surface area (Å²) in [6.45, 7) is 5.72. The van der Waals surface area contributed by atoms with Crippen molar-refractivity contribution in [2.45, 2.75) is 25.8 Å². The molecule has 22 heavy (non-hydrogen) atoms. The summed E-state index contributed by atoms with van der Waals surface area (Å²) in [5.74, 6) is 1.39. The summed E-state index contributed by atoms with van der Waals surface area (Å²) >= 11 is 0. The van der Waals surface area contributed by atoms with Gasteiger partial charge in [0.1, 0.15) is 0 Å². The third kappa shape index (κ3) is 4.02. The van der Waals surface area contributed by atoms with E-state index in [4.69, 9.17) is 5.73 Å². The summed E-state index contributed by atoms with van der Waals surface area (Å²) in [6, 6.07) is 19.2. The van der Waals surface area contributed by atoms with Crippen LogP contribution in [-0.4, -0.2) is 18.0 Å². The number of benzene rings is 2. The van der Waals surface area contributed by atoms with Gasteiger partial charge in [0.05, 0.1) is 0 Å². The van der Waals surface area contributed by atoms with Crippen LogP contribution in [0.4, 0.5) is 5.69 Å². The van der Waals surface area contributed by atoms with Crippen LogP contribution in [0.15, 0.2) is 54.6 Å². The number of nitrogen functional groups attached to an aromatic ring is 1. The van der Waals surface area contributed by atoms with Crippen LogP contribution >= 0.6 is 12.4 Å². The number of anilines is 1. The Kier molecular flexibility index (Phi) is 5.87. The van der Waals surface area contributed by atoms with Crippen LogP contribution < -0.4 is 5.73 Å². The molecule has 0 amide bonds. The average molecular weight is 317 g/mol. The molecule has 118 valence electrons. The molecule has 3 heteroatoms. The number of nitrogens with two attached hydrogens (primary N) is 1. The molecule has 2 aromatic carbocycles. The Hall–Kier alpha value is -1.51. The molecule has 1 heterocycles. The van der Waals surface area contributed by atoms with Gasteiger partial charge < -0.3 is 5.73 Å². The Morgan fingerprint density at radius 1 is 1.09 bits per heavy atom. The zero-order chi connectivity index (χ0) is 14.7. The Morgan fingerprint density at radius 3 is 2.55 bits per heavy atom. The second-order valence-corrected chi connectivity index (χ2v) is 6.26. The lowest BCUT2D eigenvalue weighted by atomic mass is 9.81. The fraction of sp³-hybridized carbons (Fsp3) is 0.368. The first kappa shape index (κ1) is 16.9. The van der Waals surface area contributed by atoms with Crippen molar-refractivity contribution in [3.63, 3.8) is 0 Å². The molecule has 1 aliphatic rings. The minimum absolute atomic E-state index is 0. The maximum Gasteiger partial charge on any atom is 0.0317 e. The fourth-order valence-electron chi connectivity index (χ4n) is 3.52. The van der Waals surface area contributed by atoms with Crippen LogP contribution in [0.2, 0.25) is 0 Å². The molecule has 2 nitrogen and oxygen atoms in total. The molecule has 0 aromatic heterocycles. The van der Waals surface area contributed by atoms with E-state index in [0.717, 1.165) is 18.8 Å². The zero-order valence-electron chi connectivity index (χ0n) is 13.1. The van der Waals surface area contributed by atoms with E-state index in [9.17, 15) is 0 Å². The number of hydrogen-bond donors (Lipinski definition) is 1. The van der Waals surface area contributed by atoms with E-state index in [2.05, 4.69) is 54.3 Å². The maximum absolute atomic E-state index is 5.87. The van der Waals surface area contributed by atoms with Crippen molar-refractivity contribution >= 4 is 18.1 Å². The predicted molar refractivity (Wildman–Crippen MR) is 96.3 cm³/mol. The van der Waals surface area contributed by atoms with Crippen LogP contribution in [-0.2, 0) is 6.54 Å². The molecular formula is C19H25ClN2. The molecule has 2 unspecified atom stereocenters. The van der Waals surface area contributed by atoms with Gasteiger partial charge in [-0.15, -0.1) is 12.4 Å². The maximum atomic E-state index is 5.87. The van der Waals surface area contributed by atoms with Gasteiger partial charge in [-0.05, 0) is 48.1 Å². The predicted octanol–water partition coefficient (Wildman–Crippen LogP) is 4.32. The summed E-state index contributed by atoms with van der Waals surface area (Å²) in [5, 5.41) is 0. The third-order valence-electron chi connectivity index (χ3n) is 4.57. The monoisotopic (exact) mass is 316 g/mol. The molecule has 3 rings (SSSR count). The first-order valence-corrected chi connectivity index (χ1v) is 7.84. The second kappa shape index (κ2) is 7.66. The molecule has 0 saturated carbocycles. The van der Waals surface area contributed by atoms with Gasteiger partial charge in [0.25, 0.3) is 0 Å². The highest BCUT2D eigenvalue weighted by atomic mass is 35.5. The molecule has 0 aliphatic carbocycles. The van der Waals surface area contributed by atoms with E-state index < -0.39 is 0 Å². The van der Waals surface area contributed by atoms with Gasteiger partial charge in [-0.2, -0.15) is 0 Å². The number of likely N-dealkylation sites (tertiary alicyclic amines) is 1. The third-order valence-corrected chi connectivity index (χ3v) is 4.57. The number of halogens is 1. The minimum Gasteiger partial charge on any atom is -0.399 e. The van der Waals surface area contributed by atoms with Crippen molar-refractivity contribution < 1.29 is 0 Å². The Balaban J connectivity index is 0.00000176. The lowest BCUT2D eigenvalue weighted by Crippen LogP contribution is -2.37. The summed E-state index contributed by atoms with van der Waals surface area (Å²) in [7, 11) is 0. The first-order chi connectivity index (χ1) is 10.2. The van der Waals surface area contributed by atoms with Gasteiger partial charge in [-0.1, -0.05) is 49.4 Å². The van der Waals surface area contributed by atoms with Crippen LogP contribution in [0.5, 0.6) is 0 Å². The zero-order valence-corrected chi connectivity index (χ0v) is 13.9. The van der Waals surface area contributed by atoms with Gasteiger partial charge in [-0.25, -0.2) is 0 Å². The lowest BCUT2D eigenvalue weighted by Gasteiger charge is -2.37. The van der Waals surface area contributed by atoms with Gasteiger partial charge in [0.2, 0.25) is 0 Å². The highest BCUT2D eigenvalue weighted by molar-refractivity contribution is 5.85. The summed E-state index contributed by atoms with van der Waals surface area (Å²) < 4.78 is 0. The van der Waals surface area contributed by atoms with E-state index in [1.165, 1.54) is 24.1 Å². The van der Waals surface area contributed by atoms with Crippen molar-refractivity contribution in [3.8, 4) is 0 Å². The highest BCUT2D eigenvalue weighted by Gasteiger charge is 2.26. The quantitative estimate of drug-likeness (QED) is 0.855. The largest absolute Gasteiger partial charge is 0.399 e. The number of nitrogens with zero attached hydrogens (tertiary/aromatic N) is 1. The Bertz CT molecular complexity index is 585. The first-order valence-electron chi connectivity index (χ1n) is 7.84. The number of hydrogen-bond acceptors (Lipinski definition) is 2. The molecular weight excluding hydrogens is 292 g/mol. The van der Waals surface area contributed by atoms with E-state index in [1.807, 2.05) is 12.1 Å². The average Bonchev–Trinajstić information content (AvgIpc) is 2.48. The molecule has 2 aromatic rings. The van der Waals surface area contributed by atoms with Gasteiger partial charge >= 0.3 is 0 Å². The minimum atomic E-state index is 0. The Morgan fingerprint density at radius 2 is 1.86 bits per heavy atom. The molecule has 1 saturated heterocycles. The van der Waals surface area contributed by atoms with E-state index in [1.54, 1.807) is 0 Å². The van der Waals surface area contributed by atoms with Crippen molar-refractivity contribution in [2.75, 3.05) is 18.8 Å². The lowest BCUT2D eigenvalue weighted by molar-refractivity contribution is 0.156. The molecule has 0 radical (unpaired) electrons. The van der Waals surface area contributed by atoms with Crippen molar-refractivity contribution in [1.29, 1.82) is 0 Å². The fourth-order valence-corrected chi connectivity index (χ4v) is 3.52. The topological polar surface area (TPSA) is 29.3 Å². The molecule has 2 N–H and O–H groups in total. The number of piperidine rings is 1. The normalized spacial score (nSPS) is 22.0. The second-order valence-electron chi connectivity index (χ2n) is 6.26. The van der Waals surface area contributed by atoms with Crippen LogP contribution in [0.25, 0.3) is 0 Å². The van der Waals surface area contributed by atoms with Crippen molar-refractivity contribution in [3.05, 3.63) is 65.7 Å².